The minimum Gasteiger partial charge on any atom is -0.448 e. The first kappa shape index (κ1) is 17.3. The quantitative estimate of drug-likeness (QED) is 0.851. The van der Waals surface area contributed by atoms with Crippen LogP contribution in [0.25, 0.3) is 0 Å². The largest absolute Gasteiger partial charge is 0.448 e. The average molecular weight is 362 g/mol. The van der Waals surface area contributed by atoms with Gasteiger partial charge in [0.1, 0.15) is 6.61 Å². The van der Waals surface area contributed by atoms with Crippen molar-refractivity contribution in [2.45, 2.75) is 56.7 Å². The normalized spacial score (nSPS) is 27.7. The summed E-state index contributed by atoms with van der Waals surface area (Å²) in [5.41, 5.74) is 6.35. The summed E-state index contributed by atoms with van der Waals surface area (Å²) in [4.78, 5) is 28.0. The molecule has 2 saturated heterocycles. The highest BCUT2D eigenvalue weighted by Gasteiger charge is 2.34. The third-order valence-corrected chi connectivity index (χ3v) is 5.83. The van der Waals surface area contributed by atoms with Gasteiger partial charge >= 0.3 is 6.09 Å². The lowest BCUT2D eigenvalue weighted by Crippen LogP contribution is -2.47. The van der Waals surface area contributed by atoms with Crippen LogP contribution in [0, 0.1) is 0 Å². The summed E-state index contributed by atoms with van der Waals surface area (Å²) in [5.74, 6) is -0.0776. The zero-order chi connectivity index (χ0) is 18.1. The molecule has 4 rings (SSSR count). The number of cyclic esters (lactones) is 1. The van der Waals surface area contributed by atoms with E-state index in [4.69, 9.17) is 10.5 Å². The van der Waals surface area contributed by atoms with E-state index >= 15 is 0 Å². The molecule has 0 bridgehead atoms. The number of likely N-dealkylation sites (tertiary alicyclic amines) is 1. The smallest absolute Gasteiger partial charge is 0.410 e. The highest BCUT2D eigenvalue weighted by Crippen LogP contribution is 2.27. The molecule has 2 amide bonds. The van der Waals surface area contributed by atoms with E-state index in [0.717, 1.165) is 38.5 Å². The van der Waals surface area contributed by atoms with Gasteiger partial charge in [-0.1, -0.05) is 5.21 Å². The van der Waals surface area contributed by atoms with Gasteiger partial charge in [-0.2, -0.15) is 0 Å². The summed E-state index contributed by atoms with van der Waals surface area (Å²) in [6.07, 6.45) is 7.02. The van der Waals surface area contributed by atoms with Crippen molar-refractivity contribution in [3.8, 4) is 0 Å². The van der Waals surface area contributed by atoms with Crippen molar-refractivity contribution in [1.82, 2.24) is 24.8 Å². The lowest BCUT2D eigenvalue weighted by Gasteiger charge is -2.35. The monoisotopic (exact) mass is 362 g/mol. The van der Waals surface area contributed by atoms with Crippen molar-refractivity contribution in [1.29, 1.82) is 0 Å². The Kier molecular flexibility index (Phi) is 4.80. The van der Waals surface area contributed by atoms with Gasteiger partial charge in [0.2, 0.25) is 0 Å². The van der Waals surface area contributed by atoms with Crippen molar-refractivity contribution >= 4 is 12.0 Å². The maximum atomic E-state index is 12.7. The highest BCUT2D eigenvalue weighted by atomic mass is 16.6. The first-order valence-corrected chi connectivity index (χ1v) is 9.52. The van der Waals surface area contributed by atoms with Crippen LogP contribution in [-0.2, 0) is 4.74 Å². The predicted octanol–water partition coefficient (Wildman–Crippen LogP) is 0.777. The summed E-state index contributed by atoms with van der Waals surface area (Å²) in [6, 6.07) is 0.733. The van der Waals surface area contributed by atoms with Gasteiger partial charge in [0.15, 0.2) is 5.69 Å². The van der Waals surface area contributed by atoms with Crippen LogP contribution in [-0.4, -0.2) is 75.1 Å². The van der Waals surface area contributed by atoms with Crippen molar-refractivity contribution in [2.24, 2.45) is 5.73 Å². The minimum absolute atomic E-state index is 0.0776. The molecule has 0 spiro atoms. The first-order chi connectivity index (χ1) is 12.6. The van der Waals surface area contributed by atoms with E-state index < -0.39 is 0 Å². The summed E-state index contributed by atoms with van der Waals surface area (Å²) in [5, 5.41) is 8.28. The van der Waals surface area contributed by atoms with Gasteiger partial charge in [-0.05, 0) is 38.5 Å². The number of carbonyl (C=O) groups excluding carboxylic acids is 2. The summed E-state index contributed by atoms with van der Waals surface area (Å²) >= 11 is 0. The minimum atomic E-state index is -0.232. The van der Waals surface area contributed by atoms with E-state index in [-0.39, 0.29) is 30.1 Å². The molecule has 2 N–H and O–H groups in total. The van der Waals surface area contributed by atoms with Crippen molar-refractivity contribution in [3.05, 3.63) is 11.9 Å². The van der Waals surface area contributed by atoms with E-state index in [1.54, 1.807) is 11.1 Å². The molecule has 2 aliphatic heterocycles. The fraction of sp³-hybridized carbons (Fsp3) is 0.765. The molecule has 142 valence electrons. The first-order valence-electron chi connectivity index (χ1n) is 9.52. The van der Waals surface area contributed by atoms with E-state index in [1.165, 1.54) is 0 Å². The fourth-order valence-corrected chi connectivity index (χ4v) is 4.20. The van der Waals surface area contributed by atoms with Gasteiger partial charge in [0.25, 0.3) is 5.91 Å². The molecule has 0 atom stereocenters. The van der Waals surface area contributed by atoms with Crippen LogP contribution >= 0.6 is 0 Å². The molecular formula is C17H26N6O3. The molecule has 9 nitrogen and oxygen atoms in total. The molecular weight excluding hydrogens is 336 g/mol. The van der Waals surface area contributed by atoms with Crippen LogP contribution in [0.4, 0.5) is 4.79 Å². The fourth-order valence-electron chi connectivity index (χ4n) is 4.20. The number of hydrogen-bond acceptors (Lipinski definition) is 6. The van der Waals surface area contributed by atoms with Gasteiger partial charge in [-0.15, -0.1) is 5.10 Å². The van der Waals surface area contributed by atoms with E-state index in [1.807, 2.05) is 9.58 Å². The third kappa shape index (κ3) is 3.40. The number of nitrogens with zero attached hydrogens (tertiary/aromatic N) is 5. The summed E-state index contributed by atoms with van der Waals surface area (Å²) in [7, 11) is 0. The molecule has 0 radical (unpaired) electrons. The maximum absolute atomic E-state index is 12.7. The Morgan fingerprint density at radius 1 is 1.08 bits per heavy atom. The standard InChI is InChI=1S/C17H26N6O3/c18-12-1-3-14(4-2-12)23-11-15(19-20-23)16(24)21-7-5-13(6-8-21)22-9-10-26-17(22)25/h11-14H,1-10,18H2. The Bertz CT molecular complexity index is 661. The number of nitrogens with two attached hydrogens (primary N) is 1. The third-order valence-electron chi connectivity index (χ3n) is 5.83. The summed E-state index contributed by atoms with van der Waals surface area (Å²) in [6.45, 7) is 2.36. The van der Waals surface area contributed by atoms with Gasteiger partial charge < -0.3 is 20.3 Å². The van der Waals surface area contributed by atoms with Crippen LogP contribution in [0.15, 0.2) is 6.20 Å². The zero-order valence-corrected chi connectivity index (χ0v) is 14.9. The average Bonchev–Trinajstić information content (AvgIpc) is 3.31. The molecule has 1 saturated carbocycles. The van der Waals surface area contributed by atoms with Crippen LogP contribution in [0.1, 0.15) is 55.1 Å². The van der Waals surface area contributed by atoms with Gasteiger partial charge in [-0.25, -0.2) is 9.48 Å². The molecule has 9 heteroatoms. The van der Waals surface area contributed by atoms with E-state index in [9.17, 15) is 9.59 Å². The zero-order valence-electron chi connectivity index (χ0n) is 14.9. The number of ether oxygens (including phenoxy) is 1. The molecule has 1 aromatic heterocycles. The van der Waals surface area contributed by atoms with Crippen molar-refractivity contribution in [3.63, 3.8) is 0 Å². The van der Waals surface area contributed by atoms with E-state index in [0.29, 0.717) is 31.9 Å². The second-order valence-corrected chi connectivity index (χ2v) is 7.48. The Morgan fingerprint density at radius 3 is 2.46 bits per heavy atom. The number of piperidine rings is 1. The van der Waals surface area contributed by atoms with Gasteiger partial charge in [0.05, 0.1) is 18.8 Å². The Balaban J connectivity index is 1.33. The molecule has 3 fully saturated rings. The van der Waals surface area contributed by atoms with Crippen molar-refractivity contribution < 1.29 is 14.3 Å². The van der Waals surface area contributed by atoms with Crippen molar-refractivity contribution in [2.75, 3.05) is 26.2 Å². The molecule has 3 aliphatic rings. The van der Waals surface area contributed by atoms with Crippen LogP contribution in [0.5, 0.6) is 0 Å². The number of hydrogen-bond donors (Lipinski definition) is 1. The Labute approximate surface area is 152 Å². The highest BCUT2D eigenvalue weighted by molar-refractivity contribution is 5.92. The maximum Gasteiger partial charge on any atom is 0.410 e. The Morgan fingerprint density at radius 2 is 1.81 bits per heavy atom. The topological polar surface area (TPSA) is 107 Å². The number of rotatable bonds is 3. The molecule has 1 aliphatic carbocycles. The van der Waals surface area contributed by atoms with Gasteiger partial charge in [0, 0.05) is 25.2 Å². The van der Waals surface area contributed by atoms with Crippen LogP contribution < -0.4 is 5.73 Å². The lowest BCUT2D eigenvalue weighted by molar-refractivity contribution is 0.0652. The number of aromatic nitrogens is 3. The van der Waals surface area contributed by atoms with E-state index in [2.05, 4.69) is 10.3 Å². The Hall–Kier alpha value is -2.16. The molecule has 26 heavy (non-hydrogen) atoms. The van der Waals surface area contributed by atoms with Gasteiger partial charge in [-0.3, -0.25) is 4.79 Å². The molecule has 1 aromatic rings. The lowest BCUT2D eigenvalue weighted by atomic mass is 9.92. The molecule has 3 heterocycles. The SMILES string of the molecule is NC1CCC(n2cc(C(=O)N3CCC(N4CCOC4=O)CC3)nn2)CC1. The second kappa shape index (κ2) is 7.22. The predicted molar refractivity (Wildman–Crippen MR) is 92.5 cm³/mol. The molecule has 0 aromatic carbocycles. The van der Waals surface area contributed by atoms with Crippen LogP contribution in [0.2, 0.25) is 0 Å². The summed E-state index contributed by atoms with van der Waals surface area (Å²) < 4.78 is 6.83. The number of amides is 2. The van der Waals surface area contributed by atoms with Crippen LogP contribution in [0.3, 0.4) is 0 Å². The molecule has 0 unspecified atom stereocenters. The number of carbonyl (C=O) groups is 2. The second-order valence-electron chi connectivity index (χ2n) is 7.48.